The van der Waals surface area contributed by atoms with E-state index in [1.54, 1.807) is 6.07 Å². The Morgan fingerprint density at radius 3 is 2.91 bits per heavy atom. The number of ether oxygens (including phenoxy) is 1. The van der Waals surface area contributed by atoms with Crippen molar-refractivity contribution < 1.29 is 23.8 Å². The third-order valence-corrected chi connectivity index (χ3v) is 3.84. The molecule has 0 spiro atoms. The van der Waals surface area contributed by atoms with Crippen LogP contribution in [0, 0.1) is 5.82 Å². The molecule has 0 aliphatic carbocycles. The normalized spacial score (nSPS) is 20.3. The summed E-state index contributed by atoms with van der Waals surface area (Å²) in [7, 11) is 0. The van der Waals surface area contributed by atoms with Crippen molar-refractivity contribution in [3.8, 4) is 0 Å². The largest absolute Gasteiger partial charge is 0.481 e. The summed E-state index contributed by atoms with van der Waals surface area (Å²) in [6, 6.07) is 3.75. The van der Waals surface area contributed by atoms with Crippen LogP contribution in [-0.4, -0.2) is 36.3 Å². The Labute approximate surface area is 138 Å². The summed E-state index contributed by atoms with van der Waals surface area (Å²) in [5.74, 6) is -1.43. The number of amides is 2. The average Bonchev–Trinajstić information content (AvgIpc) is 2.94. The molecule has 23 heavy (non-hydrogen) atoms. The van der Waals surface area contributed by atoms with Gasteiger partial charge in [0.2, 0.25) is 0 Å². The first-order valence-corrected chi connectivity index (χ1v) is 7.68. The van der Waals surface area contributed by atoms with Gasteiger partial charge in [-0.05, 0) is 30.5 Å². The molecule has 0 radical (unpaired) electrons. The lowest BCUT2D eigenvalue weighted by molar-refractivity contribution is -0.137. The summed E-state index contributed by atoms with van der Waals surface area (Å²) in [5, 5.41) is 13.9. The molecule has 2 unspecified atom stereocenters. The van der Waals surface area contributed by atoms with Crippen LogP contribution in [0.25, 0.3) is 0 Å². The molecule has 8 heteroatoms. The molecule has 2 atom stereocenters. The average molecular weight is 345 g/mol. The number of rotatable bonds is 6. The second-order valence-corrected chi connectivity index (χ2v) is 5.66. The fourth-order valence-electron chi connectivity index (χ4n) is 2.42. The van der Waals surface area contributed by atoms with Crippen molar-refractivity contribution >= 4 is 23.6 Å². The minimum Gasteiger partial charge on any atom is -0.481 e. The van der Waals surface area contributed by atoms with Crippen LogP contribution in [0.2, 0.25) is 5.02 Å². The fraction of sp³-hybridized carbons (Fsp3) is 0.467. The minimum absolute atomic E-state index is 0.000500. The molecular weight excluding hydrogens is 327 g/mol. The fourth-order valence-corrected chi connectivity index (χ4v) is 2.53. The van der Waals surface area contributed by atoms with Gasteiger partial charge in [0, 0.05) is 19.6 Å². The molecule has 1 saturated heterocycles. The van der Waals surface area contributed by atoms with E-state index in [2.05, 4.69) is 10.6 Å². The molecule has 1 aromatic carbocycles. The number of aliphatic carboxylic acids is 1. The van der Waals surface area contributed by atoms with E-state index in [4.69, 9.17) is 21.4 Å². The summed E-state index contributed by atoms with van der Waals surface area (Å²) in [6.45, 7) is 0.727. The van der Waals surface area contributed by atoms with Gasteiger partial charge in [-0.2, -0.15) is 0 Å². The van der Waals surface area contributed by atoms with Crippen molar-refractivity contribution in [3.05, 3.63) is 34.6 Å². The van der Waals surface area contributed by atoms with Crippen LogP contribution in [0.4, 0.5) is 9.18 Å². The maximum absolute atomic E-state index is 13.6. The number of halogens is 2. The van der Waals surface area contributed by atoms with Gasteiger partial charge < -0.3 is 20.5 Å². The molecule has 1 aromatic rings. The number of carbonyl (C=O) groups is 2. The number of carbonyl (C=O) groups excluding carboxylic acids is 1. The first-order valence-electron chi connectivity index (χ1n) is 7.30. The van der Waals surface area contributed by atoms with Crippen molar-refractivity contribution in [2.75, 3.05) is 13.2 Å². The molecule has 0 bridgehead atoms. The summed E-state index contributed by atoms with van der Waals surface area (Å²) in [5.41, 5.74) is 0.612. The molecular formula is C15H18ClFN2O4. The number of hydrogen-bond acceptors (Lipinski definition) is 3. The monoisotopic (exact) mass is 344 g/mol. The molecule has 6 nitrogen and oxygen atoms in total. The van der Waals surface area contributed by atoms with E-state index in [1.807, 2.05) is 0 Å². The molecule has 126 valence electrons. The molecule has 2 amide bonds. The van der Waals surface area contributed by atoms with Crippen molar-refractivity contribution in [3.63, 3.8) is 0 Å². The summed E-state index contributed by atoms with van der Waals surface area (Å²) >= 11 is 5.66. The van der Waals surface area contributed by atoms with Gasteiger partial charge in [0.05, 0.1) is 11.1 Å². The highest BCUT2D eigenvalue weighted by atomic mass is 35.5. The lowest BCUT2D eigenvalue weighted by Gasteiger charge is -2.20. The summed E-state index contributed by atoms with van der Waals surface area (Å²) in [4.78, 5) is 22.2. The van der Waals surface area contributed by atoms with Gasteiger partial charge in [-0.25, -0.2) is 9.18 Å². The van der Waals surface area contributed by atoms with E-state index >= 15 is 0 Å². The lowest BCUT2D eigenvalue weighted by atomic mass is 10.0. The third kappa shape index (κ3) is 5.07. The minimum atomic E-state index is -0.902. The molecule has 1 fully saturated rings. The highest BCUT2D eigenvalue weighted by Gasteiger charge is 2.31. The zero-order valence-corrected chi connectivity index (χ0v) is 13.1. The number of nitrogens with one attached hydrogen (secondary N) is 2. The Kier molecular flexibility index (Phi) is 6.18. The Hall–Kier alpha value is -1.86. The first kappa shape index (κ1) is 17.5. The van der Waals surface area contributed by atoms with Crippen LogP contribution < -0.4 is 10.6 Å². The van der Waals surface area contributed by atoms with Gasteiger partial charge in [-0.15, -0.1) is 0 Å². The van der Waals surface area contributed by atoms with E-state index in [0.717, 1.165) is 0 Å². The van der Waals surface area contributed by atoms with Crippen molar-refractivity contribution in [1.82, 2.24) is 10.6 Å². The Balaban J connectivity index is 1.87. The van der Waals surface area contributed by atoms with Gasteiger partial charge in [0.15, 0.2) is 0 Å². The molecule has 3 N–H and O–H groups in total. The predicted molar refractivity (Wildman–Crippen MR) is 81.9 cm³/mol. The van der Waals surface area contributed by atoms with Crippen LogP contribution >= 0.6 is 11.6 Å². The summed E-state index contributed by atoms with van der Waals surface area (Å²) < 4.78 is 19.1. The molecule has 1 aliphatic heterocycles. The topological polar surface area (TPSA) is 87.7 Å². The zero-order valence-electron chi connectivity index (χ0n) is 12.4. The van der Waals surface area contributed by atoms with Crippen molar-refractivity contribution in [2.24, 2.45) is 0 Å². The van der Waals surface area contributed by atoms with Crippen LogP contribution in [0.3, 0.4) is 0 Å². The molecule has 0 saturated carbocycles. The second-order valence-electron chi connectivity index (χ2n) is 5.26. The van der Waals surface area contributed by atoms with E-state index in [9.17, 15) is 14.0 Å². The highest BCUT2D eigenvalue weighted by Crippen LogP contribution is 2.30. The van der Waals surface area contributed by atoms with Crippen LogP contribution in [0.5, 0.6) is 0 Å². The number of urea groups is 1. The van der Waals surface area contributed by atoms with Crippen LogP contribution in [0.1, 0.15) is 30.9 Å². The van der Waals surface area contributed by atoms with Crippen molar-refractivity contribution in [1.29, 1.82) is 0 Å². The summed E-state index contributed by atoms with van der Waals surface area (Å²) in [6.07, 6.45) is 0.527. The van der Waals surface area contributed by atoms with Gasteiger partial charge in [-0.1, -0.05) is 17.7 Å². The van der Waals surface area contributed by atoms with Crippen LogP contribution in [0.15, 0.2) is 18.2 Å². The third-order valence-electron chi connectivity index (χ3n) is 3.53. The Morgan fingerprint density at radius 2 is 2.22 bits per heavy atom. The van der Waals surface area contributed by atoms with E-state index in [1.165, 1.54) is 12.1 Å². The Morgan fingerprint density at radius 1 is 1.43 bits per heavy atom. The molecule has 1 aliphatic rings. The number of carboxylic acid groups (broad SMARTS) is 1. The maximum Gasteiger partial charge on any atom is 0.315 e. The standard InChI is InChI=1S/C15H18ClFN2O4/c16-10-4-3-9(8-11(10)17)14-12(5-7-23-14)19-15(22)18-6-1-2-13(20)21/h3-4,8,12,14H,1-2,5-7H2,(H,20,21)(H2,18,19,22). The van der Waals surface area contributed by atoms with Crippen LogP contribution in [-0.2, 0) is 9.53 Å². The van der Waals surface area contributed by atoms with Crippen molar-refractivity contribution in [2.45, 2.75) is 31.4 Å². The predicted octanol–water partition coefficient (Wildman–Crippen LogP) is 2.47. The van der Waals surface area contributed by atoms with E-state index < -0.39 is 23.9 Å². The zero-order chi connectivity index (χ0) is 16.8. The van der Waals surface area contributed by atoms with E-state index in [0.29, 0.717) is 25.0 Å². The number of hydrogen-bond donors (Lipinski definition) is 3. The number of benzene rings is 1. The molecule has 1 heterocycles. The van der Waals surface area contributed by atoms with Gasteiger partial charge in [0.25, 0.3) is 0 Å². The van der Waals surface area contributed by atoms with Gasteiger partial charge in [0.1, 0.15) is 11.9 Å². The lowest BCUT2D eigenvalue weighted by Crippen LogP contribution is -2.43. The smallest absolute Gasteiger partial charge is 0.315 e. The maximum atomic E-state index is 13.6. The highest BCUT2D eigenvalue weighted by molar-refractivity contribution is 6.30. The number of carboxylic acids is 1. The van der Waals surface area contributed by atoms with E-state index in [-0.39, 0.29) is 24.0 Å². The van der Waals surface area contributed by atoms with Gasteiger partial charge in [-0.3, -0.25) is 4.79 Å². The quantitative estimate of drug-likeness (QED) is 0.692. The van der Waals surface area contributed by atoms with Gasteiger partial charge >= 0.3 is 12.0 Å². The first-order chi connectivity index (χ1) is 11.0. The SMILES string of the molecule is O=C(O)CCCNC(=O)NC1CCOC1c1ccc(Cl)c(F)c1. The molecule has 0 aromatic heterocycles. The second kappa shape index (κ2) is 8.12. The molecule has 2 rings (SSSR count). The Bertz CT molecular complexity index is 585.